The summed E-state index contributed by atoms with van der Waals surface area (Å²) in [6.07, 6.45) is 2.07. The molecular weight excluding hydrogens is 376 g/mol. The van der Waals surface area contributed by atoms with E-state index in [1.807, 2.05) is 25.1 Å². The number of nitrogens with one attached hydrogen (secondary N) is 1. The molecule has 5 heteroatoms. The zero-order chi connectivity index (χ0) is 16.6. The van der Waals surface area contributed by atoms with Gasteiger partial charge in [0.25, 0.3) is 0 Å². The molecule has 0 aromatic heterocycles. The predicted molar refractivity (Wildman–Crippen MR) is 97.9 cm³/mol. The molecule has 3 N–H and O–H groups in total. The maximum Gasteiger partial charge on any atom is 0.121 e. The van der Waals surface area contributed by atoms with Crippen molar-refractivity contribution in [3.05, 3.63) is 74.5 Å². The lowest BCUT2D eigenvalue weighted by Gasteiger charge is -2.29. The quantitative estimate of drug-likeness (QED) is 0.825. The molecule has 2 aromatic rings. The topological polar surface area (TPSA) is 47.3 Å². The van der Waals surface area contributed by atoms with Crippen LogP contribution in [0.15, 0.2) is 52.8 Å². The van der Waals surface area contributed by atoms with Crippen LogP contribution < -0.4 is 15.8 Å². The molecule has 0 amide bonds. The Bertz CT molecular complexity index is 791. The number of benzene rings is 2. The van der Waals surface area contributed by atoms with Crippen LogP contribution >= 0.6 is 27.5 Å². The average Bonchev–Trinajstić information content (AvgIpc) is 2.93. The normalized spacial score (nSPS) is 20.1. The zero-order valence-electron chi connectivity index (χ0n) is 13.0. The first-order valence-electron chi connectivity index (χ1n) is 7.29. The van der Waals surface area contributed by atoms with Crippen molar-refractivity contribution in [2.24, 2.45) is 5.73 Å². The van der Waals surface area contributed by atoms with Gasteiger partial charge in [-0.25, -0.2) is 0 Å². The van der Waals surface area contributed by atoms with Crippen molar-refractivity contribution in [3.8, 4) is 5.75 Å². The number of methoxy groups -OCH3 is 1. The van der Waals surface area contributed by atoms with Gasteiger partial charge in [-0.1, -0.05) is 29.8 Å². The first-order chi connectivity index (χ1) is 11.0. The van der Waals surface area contributed by atoms with Gasteiger partial charge in [0.2, 0.25) is 0 Å². The molecule has 1 heterocycles. The molecule has 0 aliphatic carbocycles. The summed E-state index contributed by atoms with van der Waals surface area (Å²) in [6.45, 7) is 2.75. The molecule has 1 atom stereocenters. The fraction of sp³-hybridized carbons (Fsp3) is 0.222. The fourth-order valence-electron chi connectivity index (χ4n) is 3.08. The number of aryl methyl sites for hydroxylation is 1. The van der Waals surface area contributed by atoms with E-state index < -0.39 is 0 Å². The van der Waals surface area contributed by atoms with E-state index in [0.717, 1.165) is 26.9 Å². The Morgan fingerprint density at radius 1 is 1.22 bits per heavy atom. The highest BCUT2D eigenvalue weighted by Crippen LogP contribution is 2.40. The minimum absolute atomic E-state index is 0.325. The number of rotatable bonds is 3. The van der Waals surface area contributed by atoms with Crippen LogP contribution in [-0.2, 0) is 5.41 Å². The van der Waals surface area contributed by atoms with Crippen LogP contribution in [0.2, 0.25) is 5.02 Å². The lowest BCUT2D eigenvalue weighted by atomic mass is 9.75. The van der Waals surface area contributed by atoms with Crippen molar-refractivity contribution in [1.82, 2.24) is 5.32 Å². The van der Waals surface area contributed by atoms with E-state index >= 15 is 0 Å². The molecular formula is C18H18BrClN2O. The summed E-state index contributed by atoms with van der Waals surface area (Å²) >= 11 is 9.67. The molecule has 1 aliphatic heterocycles. The van der Waals surface area contributed by atoms with Crippen molar-refractivity contribution >= 4 is 27.5 Å². The van der Waals surface area contributed by atoms with Gasteiger partial charge in [-0.3, -0.25) is 0 Å². The zero-order valence-corrected chi connectivity index (χ0v) is 15.3. The Labute approximate surface area is 149 Å². The Morgan fingerprint density at radius 3 is 2.48 bits per heavy atom. The highest BCUT2D eigenvalue weighted by atomic mass is 79.9. The predicted octanol–water partition coefficient (Wildman–Crippen LogP) is 4.11. The SMILES string of the molecule is COc1ccc(C2(c3ccc(Cl)c(Br)c3)C=C(N)NC2)cc1C. The van der Waals surface area contributed by atoms with Crippen LogP contribution in [0.1, 0.15) is 16.7 Å². The molecule has 0 spiro atoms. The van der Waals surface area contributed by atoms with Crippen LogP contribution in [-0.4, -0.2) is 13.7 Å². The van der Waals surface area contributed by atoms with E-state index in [1.54, 1.807) is 7.11 Å². The Hall–Kier alpha value is -1.65. The van der Waals surface area contributed by atoms with Gasteiger partial charge in [0.15, 0.2) is 0 Å². The van der Waals surface area contributed by atoms with Crippen molar-refractivity contribution in [2.45, 2.75) is 12.3 Å². The number of hydrogen-bond acceptors (Lipinski definition) is 3. The third-order valence-corrected chi connectivity index (χ3v) is 5.53. The van der Waals surface area contributed by atoms with Crippen LogP contribution in [0.5, 0.6) is 5.75 Å². The molecule has 0 saturated carbocycles. The summed E-state index contributed by atoms with van der Waals surface area (Å²) in [5.41, 5.74) is 9.10. The average molecular weight is 394 g/mol. The molecule has 0 saturated heterocycles. The third kappa shape index (κ3) is 2.81. The summed E-state index contributed by atoms with van der Waals surface area (Å²) in [5, 5.41) is 3.94. The number of halogens is 2. The summed E-state index contributed by atoms with van der Waals surface area (Å²) in [4.78, 5) is 0. The second kappa shape index (κ2) is 6.10. The molecule has 0 fully saturated rings. The third-order valence-electron chi connectivity index (χ3n) is 4.32. The van der Waals surface area contributed by atoms with Gasteiger partial charge in [0, 0.05) is 11.0 Å². The first-order valence-corrected chi connectivity index (χ1v) is 8.46. The van der Waals surface area contributed by atoms with Gasteiger partial charge in [0.1, 0.15) is 5.75 Å². The van der Waals surface area contributed by atoms with Gasteiger partial charge in [-0.15, -0.1) is 0 Å². The molecule has 1 unspecified atom stereocenters. The lowest BCUT2D eigenvalue weighted by Crippen LogP contribution is -2.31. The van der Waals surface area contributed by atoms with Crippen LogP contribution in [0.4, 0.5) is 0 Å². The minimum Gasteiger partial charge on any atom is -0.496 e. The minimum atomic E-state index is -0.325. The molecule has 3 rings (SSSR count). The van der Waals surface area contributed by atoms with Gasteiger partial charge >= 0.3 is 0 Å². The smallest absolute Gasteiger partial charge is 0.121 e. The monoisotopic (exact) mass is 392 g/mol. The lowest BCUT2D eigenvalue weighted by molar-refractivity contribution is 0.411. The molecule has 23 heavy (non-hydrogen) atoms. The molecule has 3 nitrogen and oxygen atoms in total. The number of nitrogens with two attached hydrogens (primary N) is 1. The maximum absolute atomic E-state index is 6.15. The highest BCUT2D eigenvalue weighted by Gasteiger charge is 2.37. The van der Waals surface area contributed by atoms with Crippen molar-refractivity contribution in [1.29, 1.82) is 0 Å². The standard InChI is InChI=1S/C18H18BrClN2O/c1-11-7-12(4-6-16(11)23-2)18(9-17(21)22-10-18)13-3-5-15(20)14(19)8-13/h3-9,22H,10,21H2,1-2H3. The molecule has 120 valence electrons. The Balaban J connectivity index is 2.18. The number of ether oxygens (including phenoxy) is 1. The molecule has 0 bridgehead atoms. The maximum atomic E-state index is 6.15. The van der Waals surface area contributed by atoms with Gasteiger partial charge in [-0.2, -0.15) is 0 Å². The van der Waals surface area contributed by atoms with Crippen LogP contribution in [0.3, 0.4) is 0 Å². The second-order valence-corrected chi connectivity index (χ2v) is 7.00. The summed E-state index contributed by atoms with van der Waals surface area (Å²) in [7, 11) is 1.68. The van der Waals surface area contributed by atoms with Crippen LogP contribution in [0, 0.1) is 6.92 Å². The molecule has 1 aliphatic rings. The summed E-state index contributed by atoms with van der Waals surface area (Å²) in [6, 6.07) is 12.2. The fourth-order valence-corrected chi connectivity index (χ4v) is 3.57. The highest BCUT2D eigenvalue weighted by molar-refractivity contribution is 9.10. The number of hydrogen-bond donors (Lipinski definition) is 2. The summed E-state index contributed by atoms with van der Waals surface area (Å²) < 4.78 is 6.25. The van der Waals surface area contributed by atoms with E-state index in [4.69, 9.17) is 22.1 Å². The second-order valence-electron chi connectivity index (χ2n) is 5.74. The van der Waals surface area contributed by atoms with E-state index in [1.165, 1.54) is 0 Å². The van der Waals surface area contributed by atoms with Gasteiger partial charge < -0.3 is 15.8 Å². The summed E-state index contributed by atoms with van der Waals surface area (Å²) in [5.74, 6) is 1.56. The molecule has 0 radical (unpaired) electrons. The Morgan fingerprint density at radius 2 is 1.91 bits per heavy atom. The van der Waals surface area contributed by atoms with Crippen LogP contribution in [0.25, 0.3) is 0 Å². The van der Waals surface area contributed by atoms with E-state index in [-0.39, 0.29) is 5.41 Å². The van der Waals surface area contributed by atoms with Crippen molar-refractivity contribution in [2.75, 3.05) is 13.7 Å². The molecule has 2 aromatic carbocycles. The van der Waals surface area contributed by atoms with E-state index in [9.17, 15) is 0 Å². The first kappa shape index (κ1) is 16.2. The van der Waals surface area contributed by atoms with Crippen molar-refractivity contribution < 1.29 is 4.74 Å². The van der Waals surface area contributed by atoms with Gasteiger partial charge in [-0.05, 0) is 63.8 Å². The largest absolute Gasteiger partial charge is 0.496 e. The van der Waals surface area contributed by atoms with Gasteiger partial charge in [0.05, 0.1) is 23.4 Å². The Kier molecular flexibility index (Phi) is 4.30. The van der Waals surface area contributed by atoms with E-state index in [0.29, 0.717) is 17.4 Å². The van der Waals surface area contributed by atoms with E-state index in [2.05, 4.69) is 45.5 Å². The van der Waals surface area contributed by atoms with Crippen molar-refractivity contribution in [3.63, 3.8) is 0 Å².